The molecule has 8 heteroatoms. The molecule has 0 heterocycles. The predicted octanol–water partition coefficient (Wildman–Crippen LogP) is 4.47. The second kappa shape index (κ2) is 6.87. The van der Waals surface area contributed by atoms with Crippen molar-refractivity contribution in [1.29, 1.82) is 0 Å². The van der Waals surface area contributed by atoms with Gasteiger partial charge in [-0.15, -0.1) is 12.4 Å². The molecule has 23 heavy (non-hydrogen) atoms. The molecule has 0 bridgehead atoms. The van der Waals surface area contributed by atoms with Gasteiger partial charge in [-0.25, -0.2) is 4.39 Å². The molecule has 0 aliphatic carbocycles. The molecule has 0 aromatic heterocycles. The highest BCUT2D eigenvalue weighted by molar-refractivity contribution is 5.95. The summed E-state index contributed by atoms with van der Waals surface area (Å²) in [5.41, 5.74) is 4.32. The molecule has 1 amide bonds. The number of carbonyl (C=O) groups is 1. The molecule has 2 N–H and O–H groups in total. The van der Waals surface area contributed by atoms with E-state index in [9.17, 15) is 22.4 Å². The second-order valence-electron chi connectivity index (χ2n) is 4.58. The van der Waals surface area contributed by atoms with Crippen molar-refractivity contribution in [3.8, 4) is 11.5 Å². The lowest BCUT2D eigenvalue weighted by atomic mass is 10.1. The quantitative estimate of drug-likeness (QED) is 0.831. The van der Waals surface area contributed by atoms with Gasteiger partial charge in [0, 0.05) is 0 Å². The molecule has 124 valence electrons. The summed E-state index contributed by atoms with van der Waals surface area (Å²) in [5.74, 6) is -1.65. The van der Waals surface area contributed by atoms with Crippen LogP contribution in [0.25, 0.3) is 0 Å². The van der Waals surface area contributed by atoms with Gasteiger partial charge in [0.25, 0.3) is 5.91 Å². The molecule has 0 fully saturated rings. The number of hydrogen-bond acceptors (Lipinski definition) is 2. The summed E-state index contributed by atoms with van der Waals surface area (Å²) in [6, 6.07) is 5.88. The largest absolute Gasteiger partial charge is 0.456 e. The van der Waals surface area contributed by atoms with Crippen molar-refractivity contribution in [2.24, 2.45) is 5.73 Å². The summed E-state index contributed by atoms with van der Waals surface area (Å²) in [7, 11) is 0. The van der Waals surface area contributed by atoms with Crippen LogP contribution in [0.2, 0.25) is 0 Å². The minimum Gasteiger partial charge on any atom is -0.456 e. The topological polar surface area (TPSA) is 52.3 Å². The second-order valence-corrected chi connectivity index (χ2v) is 4.58. The van der Waals surface area contributed by atoms with Gasteiger partial charge >= 0.3 is 6.18 Å². The highest BCUT2D eigenvalue weighted by Crippen LogP contribution is 2.35. The third-order valence-electron chi connectivity index (χ3n) is 2.93. The Kier molecular flexibility index (Phi) is 5.60. The zero-order chi connectivity index (χ0) is 16.5. The van der Waals surface area contributed by atoms with E-state index in [1.165, 1.54) is 13.0 Å². The molecule has 0 spiro atoms. The van der Waals surface area contributed by atoms with Gasteiger partial charge in [0.15, 0.2) is 0 Å². The Balaban J connectivity index is 0.00000264. The van der Waals surface area contributed by atoms with Crippen molar-refractivity contribution in [2.45, 2.75) is 13.1 Å². The number of carbonyl (C=O) groups excluding carboxylic acids is 1. The molecule has 0 atom stereocenters. The van der Waals surface area contributed by atoms with Crippen LogP contribution in [-0.4, -0.2) is 5.91 Å². The average Bonchev–Trinajstić information content (AvgIpc) is 2.40. The maximum absolute atomic E-state index is 13.0. The third-order valence-corrected chi connectivity index (χ3v) is 2.93. The lowest BCUT2D eigenvalue weighted by Gasteiger charge is -2.14. The average molecular weight is 350 g/mol. The zero-order valence-electron chi connectivity index (χ0n) is 11.8. The van der Waals surface area contributed by atoms with E-state index < -0.39 is 23.5 Å². The summed E-state index contributed by atoms with van der Waals surface area (Å²) in [4.78, 5) is 11.3. The maximum atomic E-state index is 13.0. The Morgan fingerprint density at radius 3 is 2.26 bits per heavy atom. The number of nitrogens with two attached hydrogens (primary N) is 1. The lowest BCUT2D eigenvalue weighted by Crippen LogP contribution is -2.14. The molecule has 2 aromatic rings. The van der Waals surface area contributed by atoms with Crippen LogP contribution in [0.1, 0.15) is 21.5 Å². The minimum absolute atomic E-state index is 0. The van der Waals surface area contributed by atoms with Gasteiger partial charge in [-0.05, 0) is 48.9 Å². The fraction of sp³-hybridized carbons (Fsp3) is 0.133. The molecular weight excluding hydrogens is 338 g/mol. The van der Waals surface area contributed by atoms with Crippen LogP contribution in [0.3, 0.4) is 0 Å². The van der Waals surface area contributed by atoms with Crippen LogP contribution in [0.15, 0.2) is 36.4 Å². The third kappa shape index (κ3) is 4.35. The Morgan fingerprint density at radius 2 is 1.74 bits per heavy atom. The number of aryl methyl sites for hydroxylation is 1. The molecule has 2 rings (SSSR count). The van der Waals surface area contributed by atoms with Crippen LogP contribution < -0.4 is 10.5 Å². The van der Waals surface area contributed by atoms with E-state index in [4.69, 9.17) is 10.5 Å². The van der Waals surface area contributed by atoms with E-state index in [-0.39, 0.29) is 29.5 Å². The number of hydrogen-bond donors (Lipinski definition) is 1. The predicted molar refractivity (Wildman–Crippen MR) is 78.4 cm³/mol. The number of ether oxygens (including phenoxy) is 1. The standard InChI is InChI=1S/C15H11F4NO2.ClH/c1-8-6-10(16)3-5-12(8)22-13-7-9(15(17,18)19)2-4-11(13)14(20)21;/h2-7H,1H3,(H2,20,21);1H. The zero-order valence-corrected chi connectivity index (χ0v) is 12.6. The number of amides is 1. The van der Waals surface area contributed by atoms with Crippen molar-refractivity contribution >= 4 is 18.3 Å². The Labute approximate surface area is 135 Å². The van der Waals surface area contributed by atoms with Crippen molar-refractivity contribution < 1.29 is 27.1 Å². The van der Waals surface area contributed by atoms with Gasteiger partial charge in [-0.3, -0.25) is 4.79 Å². The summed E-state index contributed by atoms with van der Waals surface area (Å²) in [6.07, 6.45) is -4.59. The van der Waals surface area contributed by atoms with Crippen LogP contribution in [-0.2, 0) is 6.18 Å². The molecule has 0 aliphatic rings. The Morgan fingerprint density at radius 1 is 1.09 bits per heavy atom. The van der Waals surface area contributed by atoms with Gasteiger partial charge in [0.1, 0.15) is 17.3 Å². The summed E-state index contributed by atoms with van der Waals surface area (Å²) < 4.78 is 56.6. The highest BCUT2D eigenvalue weighted by Gasteiger charge is 2.31. The van der Waals surface area contributed by atoms with Crippen LogP contribution in [0, 0.1) is 12.7 Å². The Hall–Kier alpha value is -2.28. The highest BCUT2D eigenvalue weighted by atomic mass is 35.5. The molecular formula is C15H12ClF4NO2. The van der Waals surface area contributed by atoms with Gasteiger partial charge in [-0.1, -0.05) is 0 Å². The molecule has 0 saturated carbocycles. The summed E-state index contributed by atoms with van der Waals surface area (Å²) in [5, 5.41) is 0. The number of halogens is 5. The van der Waals surface area contributed by atoms with Gasteiger partial charge in [-0.2, -0.15) is 13.2 Å². The number of primary amides is 1. The van der Waals surface area contributed by atoms with E-state index >= 15 is 0 Å². The van der Waals surface area contributed by atoms with Crippen molar-refractivity contribution in [3.05, 3.63) is 58.9 Å². The molecule has 0 saturated heterocycles. The first-order valence-electron chi connectivity index (χ1n) is 6.13. The molecule has 2 aromatic carbocycles. The van der Waals surface area contributed by atoms with Crippen molar-refractivity contribution in [1.82, 2.24) is 0 Å². The fourth-order valence-electron chi connectivity index (χ4n) is 1.83. The number of alkyl halides is 3. The van der Waals surface area contributed by atoms with Crippen LogP contribution in [0.5, 0.6) is 11.5 Å². The number of benzene rings is 2. The lowest BCUT2D eigenvalue weighted by molar-refractivity contribution is -0.137. The van der Waals surface area contributed by atoms with E-state index in [0.29, 0.717) is 11.6 Å². The molecule has 0 unspecified atom stereocenters. The monoisotopic (exact) mass is 349 g/mol. The normalized spacial score (nSPS) is 10.8. The van der Waals surface area contributed by atoms with Crippen molar-refractivity contribution in [2.75, 3.05) is 0 Å². The Bertz CT molecular complexity index is 732. The summed E-state index contributed by atoms with van der Waals surface area (Å²) >= 11 is 0. The van der Waals surface area contributed by atoms with E-state index in [1.54, 1.807) is 0 Å². The molecule has 0 radical (unpaired) electrons. The SMILES string of the molecule is Cc1cc(F)ccc1Oc1cc(C(F)(F)F)ccc1C(N)=O.Cl. The van der Waals surface area contributed by atoms with Crippen LogP contribution in [0.4, 0.5) is 17.6 Å². The first-order chi connectivity index (χ1) is 10.2. The van der Waals surface area contributed by atoms with Gasteiger partial charge in [0.05, 0.1) is 11.1 Å². The molecule has 0 aliphatic heterocycles. The van der Waals surface area contributed by atoms with Gasteiger partial charge in [0.2, 0.25) is 0 Å². The van der Waals surface area contributed by atoms with Crippen LogP contribution >= 0.6 is 12.4 Å². The first kappa shape index (κ1) is 18.8. The smallest absolute Gasteiger partial charge is 0.416 e. The fourth-order valence-corrected chi connectivity index (χ4v) is 1.83. The maximum Gasteiger partial charge on any atom is 0.416 e. The summed E-state index contributed by atoms with van der Waals surface area (Å²) in [6.45, 7) is 1.52. The minimum atomic E-state index is -4.59. The van der Waals surface area contributed by atoms with Gasteiger partial charge < -0.3 is 10.5 Å². The van der Waals surface area contributed by atoms with Crippen molar-refractivity contribution in [3.63, 3.8) is 0 Å². The molecule has 3 nitrogen and oxygen atoms in total. The number of rotatable bonds is 3. The first-order valence-corrected chi connectivity index (χ1v) is 6.13. The van der Waals surface area contributed by atoms with E-state index in [0.717, 1.165) is 24.3 Å². The van der Waals surface area contributed by atoms with E-state index in [2.05, 4.69) is 0 Å². The van der Waals surface area contributed by atoms with E-state index in [1.807, 2.05) is 0 Å².